The van der Waals surface area contributed by atoms with Gasteiger partial charge in [-0.3, -0.25) is 5.43 Å². The van der Waals surface area contributed by atoms with Gasteiger partial charge in [0.2, 0.25) is 0 Å². The second-order valence-electron chi connectivity index (χ2n) is 6.75. The van der Waals surface area contributed by atoms with E-state index in [2.05, 4.69) is 47.0 Å². The molecular formula is C21H27N4OS+. The zero-order valence-electron chi connectivity index (χ0n) is 15.9. The SMILES string of the molecule is C/C(=N/NC(=S)Nc1ccccc1C)[C@H](c1ccccc1)[NH+]1CCOCC1. The van der Waals surface area contributed by atoms with E-state index in [9.17, 15) is 0 Å². The van der Waals surface area contributed by atoms with Crippen LogP contribution in [0.2, 0.25) is 0 Å². The molecule has 0 amide bonds. The number of quaternary nitrogens is 1. The van der Waals surface area contributed by atoms with E-state index in [0.717, 1.165) is 43.3 Å². The summed E-state index contributed by atoms with van der Waals surface area (Å²) in [6.07, 6.45) is 0. The summed E-state index contributed by atoms with van der Waals surface area (Å²) < 4.78 is 5.53. The van der Waals surface area contributed by atoms with Gasteiger partial charge in [-0.15, -0.1) is 0 Å². The number of rotatable bonds is 5. The first-order valence-electron chi connectivity index (χ1n) is 9.29. The normalized spacial score (nSPS) is 16.6. The fourth-order valence-corrected chi connectivity index (χ4v) is 3.56. The van der Waals surface area contributed by atoms with Gasteiger partial charge in [-0.25, -0.2) is 0 Å². The number of hydrogen-bond donors (Lipinski definition) is 3. The Morgan fingerprint density at radius 2 is 1.74 bits per heavy atom. The molecule has 0 aromatic heterocycles. The van der Waals surface area contributed by atoms with Crippen LogP contribution in [0.3, 0.4) is 0 Å². The largest absolute Gasteiger partial charge is 0.370 e. The van der Waals surface area contributed by atoms with Crippen molar-refractivity contribution in [1.82, 2.24) is 5.43 Å². The summed E-state index contributed by atoms with van der Waals surface area (Å²) in [6.45, 7) is 7.62. The second kappa shape index (κ2) is 9.60. The van der Waals surface area contributed by atoms with Gasteiger partial charge in [0.25, 0.3) is 0 Å². The maximum absolute atomic E-state index is 5.53. The van der Waals surface area contributed by atoms with Gasteiger partial charge in [0.1, 0.15) is 13.1 Å². The molecule has 1 fully saturated rings. The van der Waals surface area contributed by atoms with Crippen LogP contribution in [-0.2, 0) is 4.74 Å². The van der Waals surface area contributed by atoms with Crippen LogP contribution >= 0.6 is 12.2 Å². The summed E-state index contributed by atoms with van der Waals surface area (Å²) in [7, 11) is 0. The minimum absolute atomic E-state index is 0.184. The highest BCUT2D eigenvalue weighted by Crippen LogP contribution is 2.14. The van der Waals surface area contributed by atoms with Crippen LogP contribution in [0.1, 0.15) is 24.1 Å². The first-order valence-corrected chi connectivity index (χ1v) is 9.70. The number of hydrazone groups is 1. The average Bonchev–Trinajstić information content (AvgIpc) is 2.70. The van der Waals surface area contributed by atoms with E-state index in [1.807, 2.05) is 37.3 Å². The topological polar surface area (TPSA) is 50.1 Å². The molecule has 0 saturated carbocycles. The molecule has 2 aromatic carbocycles. The van der Waals surface area contributed by atoms with Crippen molar-refractivity contribution in [2.75, 3.05) is 31.6 Å². The van der Waals surface area contributed by atoms with Crippen LogP contribution in [0.25, 0.3) is 0 Å². The fraction of sp³-hybridized carbons (Fsp3) is 0.333. The number of ether oxygens (including phenoxy) is 1. The Hall–Kier alpha value is -2.28. The van der Waals surface area contributed by atoms with Gasteiger partial charge in [-0.1, -0.05) is 48.5 Å². The van der Waals surface area contributed by atoms with E-state index in [4.69, 9.17) is 17.0 Å². The zero-order chi connectivity index (χ0) is 19.1. The predicted octanol–water partition coefficient (Wildman–Crippen LogP) is 2.31. The number of anilines is 1. The van der Waals surface area contributed by atoms with Crippen molar-refractivity contribution in [1.29, 1.82) is 0 Å². The molecule has 0 aliphatic carbocycles. The summed E-state index contributed by atoms with van der Waals surface area (Å²) in [5.41, 5.74) is 7.41. The van der Waals surface area contributed by atoms with Crippen molar-refractivity contribution in [3.63, 3.8) is 0 Å². The Balaban J connectivity index is 1.72. The molecule has 0 unspecified atom stereocenters. The molecule has 2 aromatic rings. The highest BCUT2D eigenvalue weighted by atomic mass is 32.1. The molecule has 1 heterocycles. The number of thiocarbonyl (C=S) groups is 1. The van der Waals surface area contributed by atoms with Gasteiger partial charge < -0.3 is 15.0 Å². The maximum atomic E-state index is 5.53. The van der Waals surface area contributed by atoms with Gasteiger partial charge in [0.15, 0.2) is 11.2 Å². The standard InChI is InChI=1S/C21H26N4OS/c1-16-8-6-7-11-19(16)22-21(27)24-23-17(2)20(18-9-4-3-5-10-18)25-12-14-26-15-13-25/h3-11,20H,12-15H2,1-2H3,(H2,22,24,27)/p+1/b23-17-/t20-/m1/s1. The first kappa shape index (κ1) is 19.5. The van der Waals surface area contributed by atoms with Crippen molar-refractivity contribution in [2.24, 2.45) is 5.10 Å². The summed E-state index contributed by atoms with van der Waals surface area (Å²) in [5.74, 6) is 0. The van der Waals surface area contributed by atoms with Gasteiger partial charge in [0.05, 0.1) is 18.9 Å². The molecule has 5 nitrogen and oxygen atoms in total. The average molecular weight is 384 g/mol. The van der Waals surface area contributed by atoms with Crippen LogP contribution in [0.5, 0.6) is 0 Å². The van der Waals surface area contributed by atoms with Gasteiger partial charge in [0, 0.05) is 11.3 Å². The van der Waals surface area contributed by atoms with Crippen molar-refractivity contribution in [3.8, 4) is 0 Å². The number of benzene rings is 2. The van der Waals surface area contributed by atoms with Gasteiger partial charge in [-0.2, -0.15) is 5.10 Å². The molecule has 1 saturated heterocycles. The van der Waals surface area contributed by atoms with Gasteiger partial charge in [-0.05, 0) is 37.7 Å². The van der Waals surface area contributed by atoms with E-state index in [-0.39, 0.29) is 6.04 Å². The minimum atomic E-state index is 0.184. The molecule has 0 spiro atoms. The summed E-state index contributed by atoms with van der Waals surface area (Å²) in [6, 6.07) is 18.8. The van der Waals surface area contributed by atoms with E-state index >= 15 is 0 Å². The molecule has 3 rings (SSSR count). The highest BCUT2D eigenvalue weighted by molar-refractivity contribution is 7.80. The first-order chi connectivity index (χ1) is 13.1. The van der Waals surface area contributed by atoms with Crippen molar-refractivity contribution < 1.29 is 9.64 Å². The highest BCUT2D eigenvalue weighted by Gasteiger charge is 2.29. The minimum Gasteiger partial charge on any atom is -0.370 e. The predicted molar refractivity (Wildman–Crippen MR) is 114 cm³/mol. The summed E-state index contributed by atoms with van der Waals surface area (Å²) >= 11 is 5.42. The molecule has 0 bridgehead atoms. The van der Waals surface area contributed by atoms with Crippen LogP contribution in [-0.4, -0.2) is 37.1 Å². The monoisotopic (exact) mass is 383 g/mol. The smallest absolute Gasteiger partial charge is 0.191 e. The lowest BCUT2D eigenvalue weighted by molar-refractivity contribution is -0.928. The Bertz CT molecular complexity index is 788. The van der Waals surface area contributed by atoms with Gasteiger partial charge >= 0.3 is 0 Å². The number of aryl methyl sites for hydroxylation is 1. The van der Waals surface area contributed by atoms with Crippen molar-refractivity contribution in [3.05, 3.63) is 65.7 Å². The lowest BCUT2D eigenvalue weighted by Crippen LogP contribution is -3.15. The number of hydrogen-bond acceptors (Lipinski definition) is 3. The molecule has 3 N–H and O–H groups in total. The number of para-hydroxylation sites is 1. The van der Waals surface area contributed by atoms with Crippen LogP contribution < -0.4 is 15.6 Å². The van der Waals surface area contributed by atoms with Crippen LogP contribution in [0, 0.1) is 6.92 Å². The third-order valence-electron chi connectivity index (χ3n) is 4.82. The molecule has 142 valence electrons. The van der Waals surface area contributed by atoms with Crippen molar-refractivity contribution in [2.45, 2.75) is 19.9 Å². The lowest BCUT2D eigenvalue weighted by atomic mass is 10.0. The summed E-state index contributed by atoms with van der Waals surface area (Å²) in [4.78, 5) is 1.47. The quantitative estimate of drug-likeness (QED) is 0.421. The Morgan fingerprint density at radius 1 is 1.07 bits per heavy atom. The van der Waals surface area contributed by atoms with E-state index in [1.54, 1.807) is 0 Å². The number of morpholine rings is 1. The van der Waals surface area contributed by atoms with Crippen molar-refractivity contribution >= 4 is 28.7 Å². The Kier molecular flexibility index (Phi) is 6.92. The molecule has 1 atom stereocenters. The summed E-state index contributed by atoms with van der Waals surface area (Å²) in [5, 5.41) is 8.31. The van der Waals surface area contributed by atoms with E-state index < -0.39 is 0 Å². The number of nitrogens with zero attached hydrogens (tertiary/aromatic N) is 1. The molecular weight excluding hydrogens is 356 g/mol. The fourth-order valence-electron chi connectivity index (χ4n) is 3.41. The van der Waals surface area contributed by atoms with E-state index in [1.165, 1.54) is 10.5 Å². The third kappa shape index (κ3) is 5.35. The Morgan fingerprint density at radius 3 is 2.44 bits per heavy atom. The zero-order valence-corrected chi connectivity index (χ0v) is 16.7. The van der Waals surface area contributed by atoms with E-state index in [0.29, 0.717) is 5.11 Å². The maximum Gasteiger partial charge on any atom is 0.191 e. The molecule has 1 aliphatic rings. The third-order valence-corrected chi connectivity index (χ3v) is 5.01. The van der Waals surface area contributed by atoms with Crippen LogP contribution in [0.15, 0.2) is 59.7 Å². The molecule has 27 heavy (non-hydrogen) atoms. The lowest BCUT2D eigenvalue weighted by Gasteiger charge is -2.31. The molecule has 6 heteroatoms. The molecule has 1 aliphatic heterocycles. The van der Waals surface area contributed by atoms with Crippen LogP contribution in [0.4, 0.5) is 5.69 Å². The Labute approximate surface area is 166 Å². The second-order valence-corrected chi connectivity index (χ2v) is 7.16. The molecule has 0 radical (unpaired) electrons. The number of nitrogens with one attached hydrogen (secondary N) is 3.